The van der Waals surface area contributed by atoms with Gasteiger partial charge < -0.3 is 4.74 Å². The van der Waals surface area contributed by atoms with Gasteiger partial charge in [0.1, 0.15) is 0 Å². The number of hydrogen-bond acceptors (Lipinski definition) is 3. The van der Waals surface area contributed by atoms with Gasteiger partial charge in [-0.3, -0.25) is 4.72 Å². The summed E-state index contributed by atoms with van der Waals surface area (Å²) in [7, 11) is -3.33. The van der Waals surface area contributed by atoms with E-state index in [1.165, 1.54) is 0 Å². The number of hydrogen-bond donors (Lipinski definition) is 1. The Balaban J connectivity index is 2.55. The molecule has 0 aromatic heterocycles. The molecular formula is C11H16INO3S. The number of ether oxygens (including phenoxy) is 1. The standard InChI is InChI=1S/C11H16INO3S/c1-9(2)16-6-7-17(14,15)13-11-5-3-4-10(12)8-11/h3-5,8-9,13H,6-7H2,1-2H3. The first-order valence-electron chi connectivity index (χ1n) is 5.27. The van der Waals surface area contributed by atoms with Gasteiger partial charge in [0.25, 0.3) is 0 Å². The zero-order chi connectivity index (χ0) is 12.9. The summed E-state index contributed by atoms with van der Waals surface area (Å²) in [6, 6.07) is 7.22. The summed E-state index contributed by atoms with van der Waals surface area (Å²) in [6.45, 7) is 3.95. The molecule has 17 heavy (non-hydrogen) atoms. The van der Waals surface area contributed by atoms with Crippen LogP contribution in [0.3, 0.4) is 0 Å². The van der Waals surface area contributed by atoms with Gasteiger partial charge in [0.2, 0.25) is 10.0 Å². The zero-order valence-corrected chi connectivity index (χ0v) is 12.8. The van der Waals surface area contributed by atoms with Gasteiger partial charge in [-0.1, -0.05) is 6.07 Å². The highest BCUT2D eigenvalue weighted by Gasteiger charge is 2.10. The maximum Gasteiger partial charge on any atom is 0.235 e. The molecule has 0 bridgehead atoms. The molecule has 0 saturated carbocycles. The lowest BCUT2D eigenvalue weighted by molar-refractivity contribution is 0.0913. The Morgan fingerprint density at radius 2 is 2.12 bits per heavy atom. The van der Waals surface area contributed by atoms with Crippen molar-refractivity contribution >= 4 is 38.3 Å². The van der Waals surface area contributed by atoms with Crippen molar-refractivity contribution in [2.24, 2.45) is 0 Å². The van der Waals surface area contributed by atoms with Gasteiger partial charge in [-0.25, -0.2) is 8.42 Å². The smallest absolute Gasteiger partial charge is 0.235 e. The molecule has 0 fully saturated rings. The maximum atomic E-state index is 11.7. The normalized spacial score (nSPS) is 11.8. The van der Waals surface area contributed by atoms with Crippen molar-refractivity contribution in [3.63, 3.8) is 0 Å². The third kappa shape index (κ3) is 6.23. The second-order valence-electron chi connectivity index (χ2n) is 3.85. The zero-order valence-electron chi connectivity index (χ0n) is 9.81. The molecular weight excluding hydrogens is 353 g/mol. The second-order valence-corrected chi connectivity index (χ2v) is 6.94. The molecule has 1 aromatic rings. The van der Waals surface area contributed by atoms with Gasteiger partial charge in [-0.05, 0) is 54.6 Å². The molecule has 0 amide bonds. The van der Waals surface area contributed by atoms with Crippen LogP contribution in [0.5, 0.6) is 0 Å². The Kier molecular flexibility index (Phi) is 5.68. The van der Waals surface area contributed by atoms with E-state index in [4.69, 9.17) is 4.74 Å². The van der Waals surface area contributed by atoms with Crippen LogP contribution in [0.2, 0.25) is 0 Å². The Hall–Kier alpha value is -0.340. The van der Waals surface area contributed by atoms with Gasteiger partial charge >= 0.3 is 0 Å². The van der Waals surface area contributed by atoms with Crippen molar-refractivity contribution in [1.29, 1.82) is 0 Å². The van der Waals surface area contributed by atoms with Crippen LogP contribution in [0.15, 0.2) is 24.3 Å². The summed E-state index contributed by atoms with van der Waals surface area (Å²) in [5, 5.41) is 0. The maximum absolute atomic E-state index is 11.7. The molecule has 0 aliphatic heterocycles. The van der Waals surface area contributed by atoms with E-state index in [1.807, 2.05) is 26.0 Å². The van der Waals surface area contributed by atoms with E-state index in [0.29, 0.717) is 5.69 Å². The third-order valence-corrected chi connectivity index (χ3v) is 3.82. The highest BCUT2D eigenvalue weighted by atomic mass is 127. The van der Waals surface area contributed by atoms with Gasteiger partial charge in [-0.2, -0.15) is 0 Å². The van der Waals surface area contributed by atoms with E-state index < -0.39 is 10.0 Å². The van der Waals surface area contributed by atoms with Crippen molar-refractivity contribution in [3.8, 4) is 0 Å². The van der Waals surface area contributed by atoms with Crippen LogP contribution in [0, 0.1) is 3.57 Å². The monoisotopic (exact) mass is 369 g/mol. The number of anilines is 1. The molecule has 96 valence electrons. The van der Waals surface area contributed by atoms with Crippen LogP contribution in [-0.2, 0) is 14.8 Å². The number of sulfonamides is 1. The number of halogens is 1. The average molecular weight is 369 g/mol. The molecule has 0 radical (unpaired) electrons. The summed E-state index contributed by atoms with van der Waals surface area (Å²) < 4.78 is 32.1. The average Bonchev–Trinajstić information content (AvgIpc) is 2.15. The molecule has 6 heteroatoms. The first-order valence-corrected chi connectivity index (χ1v) is 8.00. The van der Waals surface area contributed by atoms with Gasteiger partial charge in [0, 0.05) is 9.26 Å². The topological polar surface area (TPSA) is 55.4 Å². The van der Waals surface area contributed by atoms with Crippen LogP contribution < -0.4 is 4.72 Å². The molecule has 0 saturated heterocycles. The fourth-order valence-electron chi connectivity index (χ4n) is 1.18. The molecule has 0 heterocycles. The van der Waals surface area contributed by atoms with Crippen LogP contribution in [-0.4, -0.2) is 26.9 Å². The summed E-state index contributed by atoms with van der Waals surface area (Å²) >= 11 is 2.13. The van der Waals surface area contributed by atoms with Gasteiger partial charge in [0.05, 0.1) is 18.5 Å². The van der Waals surface area contributed by atoms with Gasteiger partial charge in [0.15, 0.2) is 0 Å². The summed E-state index contributed by atoms with van der Waals surface area (Å²) in [5.74, 6) is -0.0311. The van der Waals surface area contributed by atoms with E-state index in [-0.39, 0.29) is 18.5 Å². The fraction of sp³-hybridized carbons (Fsp3) is 0.455. The minimum Gasteiger partial charge on any atom is -0.378 e. The molecule has 0 unspecified atom stereocenters. The molecule has 0 atom stereocenters. The lowest BCUT2D eigenvalue weighted by atomic mass is 10.3. The number of benzene rings is 1. The van der Waals surface area contributed by atoms with E-state index >= 15 is 0 Å². The summed E-state index contributed by atoms with van der Waals surface area (Å²) in [5.41, 5.74) is 0.585. The first-order chi connectivity index (χ1) is 7.89. The highest BCUT2D eigenvalue weighted by Crippen LogP contribution is 2.13. The lowest BCUT2D eigenvalue weighted by Crippen LogP contribution is -2.21. The third-order valence-electron chi connectivity index (χ3n) is 1.90. The van der Waals surface area contributed by atoms with Gasteiger partial charge in [-0.15, -0.1) is 0 Å². The molecule has 4 nitrogen and oxygen atoms in total. The molecule has 1 N–H and O–H groups in total. The minimum atomic E-state index is -3.33. The quantitative estimate of drug-likeness (QED) is 0.784. The van der Waals surface area contributed by atoms with E-state index in [9.17, 15) is 8.42 Å². The van der Waals surface area contributed by atoms with Crippen molar-refractivity contribution in [3.05, 3.63) is 27.8 Å². The molecule has 0 spiro atoms. The van der Waals surface area contributed by atoms with Crippen molar-refractivity contribution in [1.82, 2.24) is 0 Å². The van der Waals surface area contributed by atoms with Crippen LogP contribution in [0.4, 0.5) is 5.69 Å². The minimum absolute atomic E-state index is 0.0311. The van der Waals surface area contributed by atoms with Crippen LogP contribution in [0.25, 0.3) is 0 Å². The Morgan fingerprint density at radius 1 is 1.41 bits per heavy atom. The molecule has 1 rings (SSSR count). The Labute approximate surface area is 116 Å². The lowest BCUT2D eigenvalue weighted by Gasteiger charge is -2.10. The molecule has 1 aromatic carbocycles. The SMILES string of the molecule is CC(C)OCCS(=O)(=O)Nc1cccc(I)c1. The van der Waals surface area contributed by atoms with Crippen LogP contribution in [0.1, 0.15) is 13.8 Å². The summed E-state index contributed by atoms with van der Waals surface area (Å²) in [6.07, 6.45) is 0.0443. The number of rotatable bonds is 6. The molecule has 0 aliphatic rings. The van der Waals surface area contributed by atoms with Crippen molar-refractivity contribution in [2.45, 2.75) is 20.0 Å². The largest absolute Gasteiger partial charge is 0.378 e. The Morgan fingerprint density at radius 3 is 2.71 bits per heavy atom. The number of nitrogens with one attached hydrogen (secondary N) is 1. The fourth-order valence-corrected chi connectivity index (χ4v) is 2.62. The van der Waals surface area contributed by atoms with E-state index in [2.05, 4.69) is 27.3 Å². The van der Waals surface area contributed by atoms with Crippen LogP contribution >= 0.6 is 22.6 Å². The van der Waals surface area contributed by atoms with Crippen molar-refractivity contribution < 1.29 is 13.2 Å². The van der Waals surface area contributed by atoms with Crippen molar-refractivity contribution in [2.75, 3.05) is 17.1 Å². The predicted octanol–water partition coefficient (Wildman–Crippen LogP) is 2.46. The Bertz CT molecular complexity index is 460. The first kappa shape index (κ1) is 14.7. The highest BCUT2D eigenvalue weighted by molar-refractivity contribution is 14.1. The molecule has 0 aliphatic carbocycles. The van der Waals surface area contributed by atoms with E-state index in [0.717, 1.165) is 3.57 Å². The summed E-state index contributed by atoms with van der Waals surface area (Å²) in [4.78, 5) is 0. The predicted molar refractivity (Wildman–Crippen MR) is 77.7 cm³/mol. The van der Waals surface area contributed by atoms with E-state index in [1.54, 1.807) is 12.1 Å². The second kappa shape index (κ2) is 6.55.